The van der Waals surface area contributed by atoms with E-state index in [9.17, 15) is 1.37 Å². The standard InChI is InChI=1S/C48H30O/c1-3-11-31(12-4-1)36-24-26-45-44(29-36)39-25-23-37(30-46(39)49-45)34-19-20-35-28-38(22-21-33(35)27-34)48-42-17-9-7-15-40(42)47(32-13-5-2-6-14-32)41-16-8-10-18-43(41)48/h1-30H/i1D,3D,4D,11D,12D,23D,24D,25D,26D,29D,30D. The van der Waals surface area contributed by atoms with Gasteiger partial charge in [0.2, 0.25) is 0 Å². The molecular formula is C48H30O. The summed E-state index contributed by atoms with van der Waals surface area (Å²) in [4.78, 5) is 0. The Morgan fingerprint density at radius 2 is 0.918 bits per heavy atom. The number of fused-ring (bicyclic) bond motifs is 6. The zero-order valence-corrected chi connectivity index (χ0v) is 25.9. The topological polar surface area (TPSA) is 13.1 Å². The third-order valence-electron chi connectivity index (χ3n) is 9.17. The molecule has 0 saturated heterocycles. The molecule has 0 amide bonds. The van der Waals surface area contributed by atoms with Crippen molar-refractivity contribution in [3.05, 3.63) is 182 Å². The molecule has 0 radical (unpaired) electrons. The first-order chi connectivity index (χ1) is 28.9. The van der Waals surface area contributed by atoms with Gasteiger partial charge < -0.3 is 4.42 Å². The SMILES string of the molecule is [2H]c1c([2H])c([2H])c(-c2c([2H])c([2H])c3oc4c([2H])c(-c5ccc6cc(-c7c8ccccc8c(-c8ccccc8)c8ccccc78)ccc6c5)c([2H])c([2H])c4c3c2[2H])c([2H])c1[2H]. The van der Waals surface area contributed by atoms with E-state index in [1.165, 1.54) is 5.56 Å². The molecule has 0 spiro atoms. The summed E-state index contributed by atoms with van der Waals surface area (Å²) in [5.74, 6) is 0. The molecule has 1 heteroatoms. The quantitative estimate of drug-likeness (QED) is 0.176. The van der Waals surface area contributed by atoms with Crippen LogP contribution in [0.15, 0.2) is 186 Å². The highest BCUT2D eigenvalue weighted by molar-refractivity contribution is 6.21. The third kappa shape index (κ3) is 4.55. The van der Waals surface area contributed by atoms with E-state index in [0.717, 1.165) is 49.0 Å². The molecule has 0 fully saturated rings. The van der Waals surface area contributed by atoms with Crippen LogP contribution in [0.4, 0.5) is 0 Å². The lowest BCUT2D eigenvalue weighted by atomic mass is 9.85. The zero-order valence-electron chi connectivity index (χ0n) is 36.9. The summed E-state index contributed by atoms with van der Waals surface area (Å²) in [6, 6.07) is 33.2. The Bertz CT molecular complexity index is 3420. The van der Waals surface area contributed by atoms with Crippen molar-refractivity contribution >= 4 is 54.3 Å². The molecule has 1 heterocycles. The summed E-state index contributed by atoms with van der Waals surface area (Å²) in [5, 5.41) is 6.05. The molecule has 0 saturated carbocycles. The van der Waals surface area contributed by atoms with Crippen LogP contribution in [0.2, 0.25) is 0 Å². The van der Waals surface area contributed by atoms with Gasteiger partial charge in [-0.25, -0.2) is 0 Å². The van der Waals surface area contributed by atoms with Crippen LogP contribution >= 0.6 is 0 Å². The van der Waals surface area contributed by atoms with Gasteiger partial charge in [0.15, 0.2) is 0 Å². The molecule has 49 heavy (non-hydrogen) atoms. The van der Waals surface area contributed by atoms with Crippen LogP contribution in [0.1, 0.15) is 15.1 Å². The van der Waals surface area contributed by atoms with E-state index in [1.54, 1.807) is 6.07 Å². The van der Waals surface area contributed by atoms with Crippen molar-refractivity contribution in [2.45, 2.75) is 0 Å². The fourth-order valence-electron chi connectivity index (χ4n) is 6.95. The first kappa shape index (κ1) is 18.8. The van der Waals surface area contributed by atoms with Crippen molar-refractivity contribution in [2.75, 3.05) is 0 Å². The summed E-state index contributed by atoms with van der Waals surface area (Å²) >= 11 is 0. The Balaban J connectivity index is 1.14. The highest BCUT2D eigenvalue weighted by Gasteiger charge is 2.17. The van der Waals surface area contributed by atoms with Gasteiger partial charge in [-0.2, -0.15) is 0 Å². The average Bonchev–Trinajstić information content (AvgIpc) is 3.68. The second kappa shape index (κ2) is 11.1. The largest absolute Gasteiger partial charge is 0.456 e. The Kier molecular flexibility index (Phi) is 4.25. The van der Waals surface area contributed by atoms with Crippen molar-refractivity contribution in [1.82, 2.24) is 0 Å². The van der Waals surface area contributed by atoms with Crippen LogP contribution in [0.25, 0.3) is 98.8 Å². The summed E-state index contributed by atoms with van der Waals surface area (Å²) in [5.41, 5.74) is 3.81. The summed E-state index contributed by atoms with van der Waals surface area (Å²) in [6.45, 7) is 0. The molecule has 0 bridgehead atoms. The fourth-order valence-corrected chi connectivity index (χ4v) is 6.95. The van der Waals surface area contributed by atoms with Crippen LogP contribution in [-0.4, -0.2) is 0 Å². The monoisotopic (exact) mass is 633 g/mol. The second-order valence-corrected chi connectivity index (χ2v) is 12.0. The van der Waals surface area contributed by atoms with Crippen LogP contribution in [-0.2, 0) is 0 Å². The van der Waals surface area contributed by atoms with E-state index >= 15 is 0 Å². The molecule has 1 nitrogen and oxygen atoms in total. The molecular weight excluding hydrogens is 593 g/mol. The third-order valence-corrected chi connectivity index (χ3v) is 9.17. The van der Waals surface area contributed by atoms with Gasteiger partial charge in [0.05, 0.1) is 15.1 Å². The Morgan fingerprint density at radius 3 is 1.61 bits per heavy atom. The zero-order chi connectivity index (χ0) is 41.9. The van der Waals surface area contributed by atoms with Crippen molar-refractivity contribution in [2.24, 2.45) is 0 Å². The number of rotatable bonds is 4. The van der Waals surface area contributed by atoms with E-state index in [1.807, 2.05) is 24.3 Å². The number of hydrogen-bond acceptors (Lipinski definition) is 1. The van der Waals surface area contributed by atoms with Gasteiger partial charge >= 0.3 is 0 Å². The maximum absolute atomic E-state index is 9.30. The van der Waals surface area contributed by atoms with Gasteiger partial charge in [0.1, 0.15) is 11.2 Å². The predicted molar refractivity (Wildman–Crippen MR) is 208 cm³/mol. The van der Waals surface area contributed by atoms with Crippen molar-refractivity contribution in [3.63, 3.8) is 0 Å². The van der Waals surface area contributed by atoms with E-state index in [-0.39, 0.29) is 45.6 Å². The minimum absolute atomic E-state index is 0.0981. The predicted octanol–water partition coefficient (Wildman–Crippen LogP) is 13.7. The number of benzene rings is 9. The first-order valence-corrected chi connectivity index (χ1v) is 15.9. The first-order valence-electron chi connectivity index (χ1n) is 21.4. The molecule has 10 rings (SSSR count). The molecule has 0 aliphatic heterocycles. The number of hydrogen-bond donors (Lipinski definition) is 0. The molecule has 0 unspecified atom stereocenters. The van der Waals surface area contributed by atoms with Crippen LogP contribution in [0.3, 0.4) is 0 Å². The molecule has 0 aliphatic carbocycles. The van der Waals surface area contributed by atoms with Gasteiger partial charge in [-0.05, 0) is 113 Å². The van der Waals surface area contributed by atoms with Crippen LogP contribution < -0.4 is 0 Å². The molecule has 1 aromatic heterocycles. The summed E-state index contributed by atoms with van der Waals surface area (Å²) in [6.07, 6.45) is 0. The molecule has 10 aromatic rings. The number of furan rings is 1. The summed E-state index contributed by atoms with van der Waals surface area (Å²) < 4.78 is 102. The normalized spacial score (nSPS) is 14.8. The highest BCUT2D eigenvalue weighted by Crippen LogP contribution is 2.44. The Labute approximate surface area is 299 Å². The van der Waals surface area contributed by atoms with Crippen molar-refractivity contribution in [1.29, 1.82) is 0 Å². The maximum atomic E-state index is 9.30. The fraction of sp³-hybridized carbons (Fsp3) is 0. The van der Waals surface area contributed by atoms with E-state index in [0.29, 0.717) is 5.56 Å². The highest BCUT2D eigenvalue weighted by atomic mass is 16.3. The minimum atomic E-state index is -0.660. The van der Waals surface area contributed by atoms with Crippen LogP contribution in [0.5, 0.6) is 0 Å². The molecule has 228 valence electrons. The van der Waals surface area contributed by atoms with Gasteiger partial charge in [-0.15, -0.1) is 0 Å². The molecule has 0 N–H and O–H groups in total. The lowest BCUT2D eigenvalue weighted by molar-refractivity contribution is 0.669. The van der Waals surface area contributed by atoms with Crippen LogP contribution in [0, 0.1) is 0 Å². The van der Waals surface area contributed by atoms with E-state index in [4.69, 9.17) is 18.1 Å². The lowest BCUT2D eigenvalue weighted by Crippen LogP contribution is -1.90. The van der Waals surface area contributed by atoms with Crippen molar-refractivity contribution in [3.8, 4) is 44.5 Å². The van der Waals surface area contributed by atoms with Gasteiger partial charge in [-0.1, -0.05) is 145 Å². The second-order valence-electron chi connectivity index (χ2n) is 12.0. The lowest BCUT2D eigenvalue weighted by Gasteiger charge is -2.18. The Hall–Kier alpha value is -6.44. The van der Waals surface area contributed by atoms with Crippen molar-refractivity contribution < 1.29 is 19.5 Å². The summed E-state index contributed by atoms with van der Waals surface area (Å²) in [7, 11) is 0. The molecule has 0 aliphatic rings. The van der Waals surface area contributed by atoms with E-state index < -0.39 is 59.5 Å². The van der Waals surface area contributed by atoms with E-state index in [2.05, 4.69) is 84.9 Å². The minimum Gasteiger partial charge on any atom is -0.456 e. The molecule has 9 aromatic carbocycles. The smallest absolute Gasteiger partial charge is 0.136 e. The van der Waals surface area contributed by atoms with Gasteiger partial charge in [0, 0.05) is 10.8 Å². The van der Waals surface area contributed by atoms with Gasteiger partial charge in [-0.3, -0.25) is 0 Å². The maximum Gasteiger partial charge on any atom is 0.136 e. The van der Waals surface area contributed by atoms with Gasteiger partial charge in [0.25, 0.3) is 0 Å². The molecule has 0 atom stereocenters. The Morgan fingerprint density at radius 1 is 0.347 bits per heavy atom. The average molecular weight is 634 g/mol.